The van der Waals surface area contributed by atoms with Crippen molar-refractivity contribution in [2.24, 2.45) is 0 Å². The zero-order valence-electron chi connectivity index (χ0n) is 18.8. The summed E-state index contributed by atoms with van der Waals surface area (Å²) in [7, 11) is 0. The second kappa shape index (κ2) is 11.8. The molecule has 0 spiro atoms. The van der Waals surface area contributed by atoms with Crippen LogP contribution in [0.1, 0.15) is 29.2 Å². The molecule has 35 heavy (non-hydrogen) atoms. The maximum Gasteiger partial charge on any atom is 0.303 e. The van der Waals surface area contributed by atoms with Gasteiger partial charge in [-0.05, 0) is 42.3 Å². The standard InChI is InChI=1S/C25H23N3O6S/c1-16-7-10-19(28(33)34)15-21(16)27-25(32)24(17-5-3-2-4-6-17)35-20-11-8-18(9-12-20)26-22(29)13-14-23(30)31/h2-12,15,24H,13-14H2,1H3,(H,26,29)(H,27,32)(H,30,31). The first-order valence-corrected chi connectivity index (χ1v) is 11.5. The summed E-state index contributed by atoms with van der Waals surface area (Å²) >= 11 is 1.29. The molecule has 1 unspecified atom stereocenters. The van der Waals surface area contributed by atoms with Crippen molar-refractivity contribution >= 4 is 46.6 Å². The average Bonchev–Trinajstić information content (AvgIpc) is 2.84. The van der Waals surface area contributed by atoms with Gasteiger partial charge in [0.05, 0.1) is 17.0 Å². The fraction of sp³-hybridized carbons (Fsp3) is 0.160. The number of non-ortho nitro benzene ring substituents is 1. The molecule has 0 bridgehead atoms. The van der Waals surface area contributed by atoms with Crippen molar-refractivity contribution in [2.75, 3.05) is 10.6 Å². The summed E-state index contributed by atoms with van der Waals surface area (Å²) < 4.78 is 0. The SMILES string of the molecule is Cc1ccc([N+](=O)[O-])cc1NC(=O)C(Sc1ccc(NC(=O)CCC(=O)O)cc1)c1ccccc1. The molecular weight excluding hydrogens is 470 g/mol. The Bertz CT molecular complexity index is 1230. The van der Waals surface area contributed by atoms with Crippen LogP contribution < -0.4 is 10.6 Å². The molecular formula is C25H23N3O6S. The predicted molar refractivity (Wildman–Crippen MR) is 133 cm³/mol. The number of nitrogens with one attached hydrogen (secondary N) is 2. The molecule has 2 amide bonds. The molecule has 180 valence electrons. The van der Waals surface area contributed by atoms with Gasteiger partial charge in [-0.15, -0.1) is 11.8 Å². The fourth-order valence-corrected chi connectivity index (χ4v) is 4.18. The number of benzene rings is 3. The average molecular weight is 494 g/mol. The number of hydrogen-bond donors (Lipinski definition) is 3. The minimum absolute atomic E-state index is 0.115. The lowest BCUT2D eigenvalue weighted by Crippen LogP contribution is -2.19. The Morgan fingerprint density at radius 2 is 1.66 bits per heavy atom. The third-order valence-electron chi connectivity index (χ3n) is 4.99. The number of rotatable bonds is 10. The van der Waals surface area contributed by atoms with Crippen molar-refractivity contribution in [1.29, 1.82) is 0 Å². The van der Waals surface area contributed by atoms with Crippen LogP contribution in [-0.2, 0) is 14.4 Å². The predicted octanol–water partition coefficient (Wildman–Crippen LogP) is 5.18. The van der Waals surface area contributed by atoms with Gasteiger partial charge in [0.2, 0.25) is 11.8 Å². The van der Waals surface area contributed by atoms with Gasteiger partial charge in [0.25, 0.3) is 5.69 Å². The number of nitro groups is 1. The van der Waals surface area contributed by atoms with E-state index in [0.29, 0.717) is 16.9 Å². The number of carbonyl (C=O) groups excluding carboxylic acids is 2. The van der Waals surface area contributed by atoms with Crippen LogP contribution in [-0.4, -0.2) is 27.8 Å². The van der Waals surface area contributed by atoms with Gasteiger partial charge in [-0.25, -0.2) is 0 Å². The van der Waals surface area contributed by atoms with Gasteiger partial charge in [0.1, 0.15) is 5.25 Å². The number of carboxylic acid groups (broad SMARTS) is 1. The van der Waals surface area contributed by atoms with Gasteiger partial charge in [0, 0.05) is 29.1 Å². The van der Waals surface area contributed by atoms with Crippen LogP contribution in [0.5, 0.6) is 0 Å². The normalized spacial score (nSPS) is 11.3. The minimum atomic E-state index is -1.04. The molecule has 0 aliphatic carbocycles. The fourth-order valence-electron chi connectivity index (χ4n) is 3.15. The number of hydrogen-bond acceptors (Lipinski definition) is 6. The molecule has 1 atom stereocenters. The van der Waals surface area contributed by atoms with Crippen LogP contribution in [0.2, 0.25) is 0 Å². The molecule has 10 heteroatoms. The van der Waals surface area contributed by atoms with Crippen LogP contribution in [0.15, 0.2) is 77.7 Å². The number of thioether (sulfide) groups is 1. The van der Waals surface area contributed by atoms with Gasteiger partial charge in [-0.1, -0.05) is 36.4 Å². The quantitative estimate of drug-likeness (QED) is 0.201. The lowest BCUT2D eigenvalue weighted by Gasteiger charge is -2.18. The van der Waals surface area contributed by atoms with Crippen LogP contribution in [0.25, 0.3) is 0 Å². The van der Waals surface area contributed by atoms with E-state index in [2.05, 4.69) is 10.6 Å². The number of carboxylic acids is 1. The van der Waals surface area contributed by atoms with Crippen molar-refractivity contribution in [3.05, 3.63) is 94.0 Å². The van der Waals surface area contributed by atoms with Crippen LogP contribution in [0.3, 0.4) is 0 Å². The summed E-state index contributed by atoms with van der Waals surface area (Å²) in [5.41, 5.74) is 2.21. The molecule has 3 N–H and O–H groups in total. The van der Waals surface area contributed by atoms with E-state index in [4.69, 9.17) is 5.11 Å². The summed E-state index contributed by atoms with van der Waals surface area (Å²) in [6, 6.07) is 20.3. The molecule has 0 heterocycles. The molecule has 3 aromatic rings. The Morgan fingerprint density at radius 3 is 2.29 bits per heavy atom. The smallest absolute Gasteiger partial charge is 0.303 e. The topological polar surface area (TPSA) is 139 Å². The Balaban J connectivity index is 1.77. The first-order valence-electron chi connectivity index (χ1n) is 10.6. The lowest BCUT2D eigenvalue weighted by atomic mass is 10.1. The van der Waals surface area contributed by atoms with E-state index >= 15 is 0 Å². The maximum atomic E-state index is 13.3. The number of aliphatic carboxylic acids is 1. The Kier molecular flexibility index (Phi) is 8.58. The first kappa shape index (κ1) is 25.4. The van der Waals surface area contributed by atoms with Gasteiger partial charge < -0.3 is 15.7 Å². The van der Waals surface area contributed by atoms with Gasteiger partial charge in [0.15, 0.2) is 0 Å². The third-order valence-corrected chi connectivity index (χ3v) is 6.25. The summed E-state index contributed by atoms with van der Waals surface area (Å²) in [4.78, 5) is 47.1. The van der Waals surface area contributed by atoms with E-state index in [0.717, 1.165) is 10.5 Å². The number of aryl methyl sites for hydroxylation is 1. The van der Waals surface area contributed by atoms with Crippen molar-refractivity contribution in [1.82, 2.24) is 0 Å². The molecule has 0 aromatic heterocycles. The van der Waals surface area contributed by atoms with Crippen molar-refractivity contribution in [3.8, 4) is 0 Å². The highest BCUT2D eigenvalue weighted by Crippen LogP contribution is 2.37. The Hall–Kier alpha value is -4.18. The van der Waals surface area contributed by atoms with Crippen molar-refractivity contribution < 1.29 is 24.4 Å². The second-order valence-electron chi connectivity index (χ2n) is 7.62. The zero-order chi connectivity index (χ0) is 25.4. The van der Waals surface area contributed by atoms with Gasteiger partial charge >= 0.3 is 5.97 Å². The minimum Gasteiger partial charge on any atom is -0.481 e. The molecule has 3 aromatic carbocycles. The highest BCUT2D eigenvalue weighted by molar-refractivity contribution is 8.00. The molecule has 0 aliphatic rings. The summed E-state index contributed by atoms with van der Waals surface area (Å²) in [5, 5.41) is 24.6. The van der Waals surface area contributed by atoms with Crippen LogP contribution in [0.4, 0.5) is 17.1 Å². The summed E-state index contributed by atoms with van der Waals surface area (Å²) in [6.07, 6.45) is -0.378. The Morgan fingerprint density at radius 1 is 0.971 bits per heavy atom. The van der Waals surface area contributed by atoms with Crippen molar-refractivity contribution in [3.63, 3.8) is 0 Å². The number of nitrogens with zero attached hydrogens (tertiary/aromatic N) is 1. The highest BCUT2D eigenvalue weighted by Gasteiger charge is 2.23. The van der Waals surface area contributed by atoms with E-state index in [1.807, 2.05) is 30.3 Å². The highest BCUT2D eigenvalue weighted by atomic mass is 32.2. The number of anilines is 2. The van der Waals surface area contributed by atoms with E-state index in [9.17, 15) is 24.5 Å². The summed E-state index contributed by atoms with van der Waals surface area (Å²) in [5.74, 6) is -1.78. The molecule has 9 nitrogen and oxygen atoms in total. The van der Waals surface area contributed by atoms with Crippen LogP contribution >= 0.6 is 11.8 Å². The van der Waals surface area contributed by atoms with E-state index in [-0.39, 0.29) is 24.4 Å². The van der Waals surface area contributed by atoms with E-state index < -0.39 is 22.0 Å². The van der Waals surface area contributed by atoms with Crippen molar-refractivity contribution in [2.45, 2.75) is 29.9 Å². The van der Waals surface area contributed by atoms with E-state index in [1.54, 1.807) is 37.3 Å². The Labute approximate surface area is 205 Å². The zero-order valence-corrected chi connectivity index (χ0v) is 19.6. The monoisotopic (exact) mass is 493 g/mol. The van der Waals surface area contributed by atoms with Gasteiger partial charge in [-0.3, -0.25) is 24.5 Å². The molecule has 0 saturated heterocycles. The van der Waals surface area contributed by atoms with Gasteiger partial charge in [-0.2, -0.15) is 0 Å². The first-order chi connectivity index (χ1) is 16.7. The largest absolute Gasteiger partial charge is 0.481 e. The lowest BCUT2D eigenvalue weighted by molar-refractivity contribution is -0.384. The molecule has 0 radical (unpaired) electrons. The second-order valence-corrected chi connectivity index (χ2v) is 8.80. The van der Waals surface area contributed by atoms with Crippen LogP contribution in [0, 0.1) is 17.0 Å². The number of nitro benzene ring substituents is 1. The third kappa shape index (κ3) is 7.41. The maximum absolute atomic E-state index is 13.3. The molecule has 0 fully saturated rings. The summed E-state index contributed by atoms with van der Waals surface area (Å²) in [6.45, 7) is 1.76. The number of amides is 2. The molecule has 3 rings (SSSR count). The molecule has 0 saturated carbocycles. The molecule has 0 aliphatic heterocycles. The number of carbonyl (C=O) groups is 3. The van der Waals surface area contributed by atoms with E-state index in [1.165, 1.54) is 23.9 Å².